The van der Waals surface area contributed by atoms with Crippen molar-refractivity contribution in [2.45, 2.75) is 18.8 Å². The fourth-order valence-corrected chi connectivity index (χ4v) is 2.23. The van der Waals surface area contributed by atoms with Gasteiger partial charge < -0.3 is 5.11 Å². The highest BCUT2D eigenvalue weighted by Crippen LogP contribution is 2.36. The predicted molar refractivity (Wildman–Crippen MR) is 73.2 cm³/mol. The van der Waals surface area contributed by atoms with Crippen LogP contribution < -0.4 is 0 Å². The molecule has 0 aliphatic carbocycles. The molecule has 2 nitrogen and oxygen atoms in total. The first-order chi connectivity index (χ1) is 11.0. The highest BCUT2D eigenvalue weighted by molar-refractivity contribution is 5.73. The van der Waals surface area contributed by atoms with Gasteiger partial charge in [-0.1, -0.05) is 18.2 Å². The summed E-state index contributed by atoms with van der Waals surface area (Å²) in [5.41, 5.74) is -2.46. The van der Waals surface area contributed by atoms with Gasteiger partial charge in [0.2, 0.25) is 0 Å². The number of carbonyl (C=O) groups is 1. The van der Waals surface area contributed by atoms with Crippen LogP contribution in [0.25, 0.3) is 11.1 Å². The standard InChI is InChI=1S/C16H10F6O2/c17-15(18,19)12-3-1-2-9(7-12)10-4-5-13(16(20,21)22)11(6-10)8-14(23)24/h1-7H,8H2,(H,23,24). The van der Waals surface area contributed by atoms with Crippen LogP contribution in [0.2, 0.25) is 0 Å². The van der Waals surface area contributed by atoms with E-state index < -0.39 is 41.4 Å². The predicted octanol–water partition coefficient (Wildman–Crippen LogP) is 5.02. The summed E-state index contributed by atoms with van der Waals surface area (Å²) >= 11 is 0. The van der Waals surface area contributed by atoms with Gasteiger partial charge in [0.05, 0.1) is 17.5 Å². The van der Waals surface area contributed by atoms with Gasteiger partial charge in [0.25, 0.3) is 0 Å². The summed E-state index contributed by atoms with van der Waals surface area (Å²) in [5.74, 6) is -1.47. The lowest BCUT2D eigenvalue weighted by molar-refractivity contribution is -0.140. The fraction of sp³-hybridized carbons (Fsp3) is 0.188. The van der Waals surface area contributed by atoms with Crippen LogP contribution in [0.3, 0.4) is 0 Å². The third-order valence-electron chi connectivity index (χ3n) is 3.28. The second-order valence-corrected chi connectivity index (χ2v) is 5.02. The van der Waals surface area contributed by atoms with Gasteiger partial charge in [-0.05, 0) is 41.0 Å². The molecule has 2 rings (SSSR count). The zero-order valence-corrected chi connectivity index (χ0v) is 11.9. The summed E-state index contributed by atoms with van der Waals surface area (Å²) < 4.78 is 76.9. The summed E-state index contributed by atoms with van der Waals surface area (Å²) in [4.78, 5) is 10.8. The van der Waals surface area contributed by atoms with Gasteiger partial charge in [-0.2, -0.15) is 26.3 Å². The van der Waals surface area contributed by atoms with Crippen molar-refractivity contribution in [3.63, 3.8) is 0 Å². The van der Waals surface area contributed by atoms with Crippen LogP contribution in [-0.4, -0.2) is 11.1 Å². The molecule has 128 valence electrons. The van der Waals surface area contributed by atoms with Gasteiger partial charge in [-0.25, -0.2) is 0 Å². The second kappa shape index (κ2) is 6.18. The minimum absolute atomic E-state index is 0.0465. The van der Waals surface area contributed by atoms with Crippen LogP contribution in [0.1, 0.15) is 16.7 Å². The lowest BCUT2D eigenvalue weighted by Gasteiger charge is -2.14. The number of rotatable bonds is 3. The Morgan fingerprint density at radius 1 is 0.875 bits per heavy atom. The highest BCUT2D eigenvalue weighted by atomic mass is 19.4. The Morgan fingerprint density at radius 2 is 1.50 bits per heavy atom. The maximum atomic E-state index is 12.9. The van der Waals surface area contributed by atoms with Gasteiger partial charge in [0, 0.05) is 0 Å². The average Bonchev–Trinajstić information content (AvgIpc) is 2.44. The van der Waals surface area contributed by atoms with Crippen LogP contribution in [0.5, 0.6) is 0 Å². The first-order valence-corrected chi connectivity index (χ1v) is 6.58. The number of halogens is 6. The number of alkyl halides is 6. The minimum atomic E-state index is -4.75. The molecule has 0 heterocycles. The molecular formula is C16H10F6O2. The summed E-state index contributed by atoms with van der Waals surface area (Å²) in [6, 6.07) is 6.72. The van der Waals surface area contributed by atoms with E-state index in [0.29, 0.717) is 6.07 Å². The molecular weight excluding hydrogens is 338 g/mol. The topological polar surface area (TPSA) is 37.3 Å². The van der Waals surface area contributed by atoms with E-state index in [1.54, 1.807) is 0 Å². The van der Waals surface area contributed by atoms with Gasteiger partial charge in [-0.3, -0.25) is 4.79 Å². The van der Waals surface area contributed by atoms with Crippen LogP contribution in [0.15, 0.2) is 42.5 Å². The molecule has 0 saturated heterocycles. The van der Waals surface area contributed by atoms with Crippen LogP contribution in [-0.2, 0) is 23.6 Å². The monoisotopic (exact) mass is 348 g/mol. The number of aliphatic carboxylic acids is 1. The molecule has 0 unspecified atom stereocenters. The van der Waals surface area contributed by atoms with E-state index in [4.69, 9.17) is 5.11 Å². The van der Waals surface area contributed by atoms with Gasteiger partial charge in [0.15, 0.2) is 0 Å². The Balaban J connectivity index is 2.54. The lowest BCUT2D eigenvalue weighted by atomic mass is 9.96. The molecule has 0 aliphatic heterocycles. The summed E-state index contributed by atoms with van der Waals surface area (Å²) in [7, 11) is 0. The van der Waals surface area contributed by atoms with Crippen molar-refractivity contribution >= 4 is 5.97 Å². The zero-order valence-electron chi connectivity index (χ0n) is 11.9. The molecule has 2 aromatic rings. The van der Waals surface area contributed by atoms with Crippen molar-refractivity contribution in [2.75, 3.05) is 0 Å². The molecule has 0 atom stereocenters. The molecule has 0 bridgehead atoms. The summed E-state index contributed by atoms with van der Waals surface area (Å²) in [6.07, 6.45) is -10.2. The molecule has 0 amide bonds. The van der Waals surface area contributed by atoms with Gasteiger partial charge in [-0.15, -0.1) is 0 Å². The Morgan fingerprint density at radius 3 is 2.04 bits per heavy atom. The zero-order chi connectivity index (χ0) is 18.1. The molecule has 0 saturated carbocycles. The van der Waals surface area contributed by atoms with E-state index >= 15 is 0 Å². The molecule has 1 N–H and O–H groups in total. The number of hydrogen-bond acceptors (Lipinski definition) is 1. The van der Waals surface area contributed by atoms with Crippen LogP contribution >= 0.6 is 0 Å². The summed E-state index contributed by atoms with van der Waals surface area (Å²) in [5, 5.41) is 8.75. The molecule has 0 aromatic heterocycles. The van der Waals surface area contributed by atoms with Crippen LogP contribution in [0, 0.1) is 0 Å². The summed E-state index contributed by atoms with van der Waals surface area (Å²) in [6.45, 7) is 0. The van der Waals surface area contributed by atoms with Gasteiger partial charge >= 0.3 is 18.3 Å². The van der Waals surface area contributed by atoms with Crippen molar-refractivity contribution in [1.82, 2.24) is 0 Å². The largest absolute Gasteiger partial charge is 0.481 e. The quantitative estimate of drug-likeness (QED) is 0.791. The first kappa shape index (κ1) is 17.8. The highest BCUT2D eigenvalue weighted by Gasteiger charge is 2.34. The number of carboxylic acid groups (broad SMARTS) is 1. The van der Waals surface area contributed by atoms with Crippen molar-refractivity contribution in [3.05, 3.63) is 59.2 Å². The molecule has 24 heavy (non-hydrogen) atoms. The number of carboxylic acids is 1. The second-order valence-electron chi connectivity index (χ2n) is 5.02. The Bertz CT molecular complexity index is 762. The van der Waals surface area contributed by atoms with Crippen molar-refractivity contribution in [1.29, 1.82) is 0 Å². The molecule has 0 fully saturated rings. The van der Waals surface area contributed by atoms with Crippen LogP contribution in [0.4, 0.5) is 26.3 Å². The van der Waals surface area contributed by atoms with E-state index in [1.807, 2.05) is 0 Å². The molecule has 0 spiro atoms. The SMILES string of the molecule is O=C(O)Cc1cc(-c2cccc(C(F)(F)F)c2)ccc1C(F)(F)F. The Labute approximate surface area is 132 Å². The van der Waals surface area contributed by atoms with Gasteiger partial charge in [0.1, 0.15) is 0 Å². The minimum Gasteiger partial charge on any atom is -0.481 e. The van der Waals surface area contributed by atoms with Crippen molar-refractivity contribution in [3.8, 4) is 11.1 Å². The molecule has 2 aromatic carbocycles. The van der Waals surface area contributed by atoms with Crippen molar-refractivity contribution < 1.29 is 36.2 Å². The molecule has 0 radical (unpaired) electrons. The third kappa shape index (κ3) is 4.06. The smallest absolute Gasteiger partial charge is 0.416 e. The molecule has 0 aliphatic rings. The lowest BCUT2D eigenvalue weighted by Crippen LogP contribution is -2.12. The van der Waals surface area contributed by atoms with E-state index in [9.17, 15) is 31.1 Å². The Hall–Kier alpha value is -2.51. The maximum Gasteiger partial charge on any atom is 0.416 e. The fourth-order valence-electron chi connectivity index (χ4n) is 2.23. The van der Waals surface area contributed by atoms with E-state index in [2.05, 4.69) is 0 Å². The average molecular weight is 348 g/mol. The van der Waals surface area contributed by atoms with Crippen molar-refractivity contribution in [2.24, 2.45) is 0 Å². The maximum absolute atomic E-state index is 12.9. The van der Waals surface area contributed by atoms with E-state index in [0.717, 1.165) is 30.3 Å². The first-order valence-electron chi connectivity index (χ1n) is 6.58. The third-order valence-corrected chi connectivity index (χ3v) is 3.28. The van der Waals surface area contributed by atoms with E-state index in [1.165, 1.54) is 6.07 Å². The Kier molecular flexibility index (Phi) is 4.59. The molecule has 8 heteroatoms. The van der Waals surface area contributed by atoms with E-state index in [-0.39, 0.29) is 11.1 Å². The normalized spacial score (nSPS) is 12.2. The number of hydrogen-bond donors (Lipinski definition) is 1. The number of benzene rings is 2.